The van der Waals surface area contributed by atoms with Crippen LogP contribution in [0.15, 0.2) is 60.7 Å². The Morgan fingerprint density at radius 3 is 2.62 bits per heavy atom. The smallest absolute Gasteiger partial charge is 0.335 e. The minimum absolute atomic E-state index is 0.149. The first-order chi connectivity index (χ1) is 12.6. The average Bonchev–Trinajstić information content (AvgIpc) is 3.21. The van der Waals surface area contributed by atoms with Crippen LogP contribution >= 0.6 is 0 Å². The molecule has 5 nitrogen and oxygen atoms in total. The molecule has 1 aliphatic rings. The zero-order valence-corrected chi connectivity index (χ0v) is 13.7. The van der Waals surface area contributed by atoms with E-state index in [1.807, 2.05) is 24.3 Å². The first-order valence-corrected chi connectivity index (χ1v) is 8.35. The lowest BCUT2D eigenvalue weighted by atomic mass is 9.99. The van der Waals surface area contributed by atoms with Gasteiger partial charge in [-0.3, -0.25) is 0 Å². The zero-order chi connectivity index (χ0) is 17.8. The molecule has 4 aromatic rings. The second-order valence-electron chi connectivity index (χ2n) is 6.46. The SMILES string of the molecule is N[C@@H]1c2ccccc2-c2c(-c3nc4cc(C(=O)O)ccc4[nH]3)cccc21. The molecule has 5 rings (SSSR count). The van der Waals surface area contributed by atoms with E-state index in [-0.39, 0.29) is 11.6 Å². The Morgan fingerprint density at radius 2 is 1.77 bits per heavy atom. The number of rotatable bonds is 2. The molecule has 5 heteroatoms. The van der Waals surface area contributed by atoms with Crippen molar-refractivity contribution in [2.24, 2.45) is 5.73 Å². The number of carboxylic acids is 1. The van der Waals surface area contributed by atoms with Gasteiger partial charge in [-0.05, 0) is 40.5 Å². The highest BCUT2D eigenvalue weighted by atomic mass is 16.4. The molecule has 0 saturated heterocycles. The fourth-order valence-electron chi connectivity index (χ4n) is 3.76. The number of nitrogens with two attached hydrogens (primary N) is 1. The predicted octanol–water partition coefficient (Wildman–Crippen LogP) is 3.96. The fraction of sp³-hybridized carbons (Fsp3) is 0.0476. The van der Waals surface area contributed by atoms with Crippen molar-refractivity contribution in [2.75, 3.05) is 0 Å². The summed E-state index contributed by atoms with van der Waals surface area (Å²) in [6, 6.07) is 19.0. The van der Waals surface area contributed by atoms with Crippen molar-refractivity contribution in [3.8, 4) is 22.5 Å². The Hall–Kier alpha value is -3.44. The summed E-state index contributed by atoms with van der Waals surface area (Å²) in [6.45, 7) is 0. The van der Waals surface area contributed by atoms with E-state index < -0.39 is 5.97 Å². The molecule has 26 heavy (non-hydrogen) atoms. The maximum Gasteiger partial charge on any atom is 0.335 e. The predicted molar refractivity (Wildman–Crippen MR) is 100.0 cm³/mol. The minimum Gasteiger partial charge on any atom is -0.478 e. The van der Waals surface area contributed by atoms with Crippen molar-refractivity contribution in [3.63, 3.8) is 0 Å². The molecule has 0 bridgehead atoms. The van der Waals surface area contributed by atoms with Crippen LogP contribution in [-0.2, 0) is 0 Å². The molecule has 0 spiro atoms. The van der Waals surface area contributed by atoms with Gasteiger partial charge in [-0.1, -0.05) is 42.5 Å². The van der Waals surface area contributed by atoms with E-state index in [2.05, 4.69) is 28.2 Å². The van der Waals surface area contributed by atoms with Crippen molar-refractivity contribution in [1.29, 1.82) is 0 Å². The topological polar surface area (TPSA) is 92.0 Å². The van der Waals surface area contributed by atoms with Gasteiger partial charge >= 0.3 is 5.97 Å². The summed E-state index contributed by atoms with van der Waals surface area (Å²) in [5.74, 6) is -0.250. The van der Waals surface area contributed by atoms with E-state index in [1.54, 1.807) is 18.2 Å². The minimum atomic E-state index is -0.961. The second-order valence-corrected chi connectivity index (χ2v) is 6.46. The number of carbonyl (C=O) groups is 1. The number of aromatic nitrogens is 2. The number of benzene rings is 3. The van der Waals surface area contributed by atoms with Crippen LogP contribution in [0.25, 0.3) is 33.5 Å². The number of hydrogen-bond acceptors (Lipinski definition) is 3. The maximum absolute atomic E-state index is 11.2. The normalized spacial score (nSPS) is 15.0. The Kier molecular flexibility index (Phi) is 3.02. The molecule has 1 heterocycles. The number of nitrogens with zero attached hydrogens (tertiary/aromatic N) is 1. The highest BCUT2D eigenvalue weighted by Crippen LogP contribution is 2.46. The zero-order valence-electron chi connectivity index (χ0n) is 13.7. The van der Waals surface area contributed by atoms with Crippen molar-refractivity contribution in [1.82, 2.24) is 9.97 Å². The first kappa shape index (κ1) is 14.9. The van der Waals surface area contributed by atoms with Gasteiger partial charge in [0.2, 0.25) is 0 Å². The molecule has 1 aromatic heterocycles. The number of H-pyrrole nitrogens is 1. The van der Waals surface area contributed by atoms with Gasteiger partial charge < -0.3 is 15.8 Å². The summed E-state index contributed by atoms with van der Waals surface area (Å²) >= 11 is 0. The van der Waals surface area contributed by atoms with Crippen LogP contribution in [0.4, 0.5) is 0 Å². The lowest BCUT2D eigenvalue weighted by molar-refractivity contribution is 0.0697. The molecule has 1 aliphatic carbocycles. The summed E-state index contributed by atoms with van der Waals surface area (Å²) in [5.41, 5.74) is 13.5. The highest BCUT2D eigenvalue weighted by Gasteiger charge is 2.28. The third-order valence-electron chi connectivity index (χ3n) is 4.98. The van der Waals surface area contributed by atoms with Crippen molar-refractivity contribution in [2.45, 2.75) is 6.04 Å². The molecule has 0 fully saturated rings. The van der Waals surface area contributed by atoms with Gasteiger partial charge in [-0.25, -0.2) is 9.78 Å². The molecular formula is C21H15N3O2. The van der Waals surface area contributed by atoms with Crippen LogP contribution in [0.3, 0.4) is 0 Å². The number of aromatic carboxylic acids is 1. The summed E-state index contributed by atoms with van der Waals surface area (Å²) in [4.78, 5) is 19.1. The standard InChI is InChI=1S/C21H15N3O2/c22-19-13-5-2-1-4-12(13)18-14(19)6-3-7-15(18)20-23-16-9-8-11(21(25)26)10-17(16)24-20/h1-10,19H,22H2,(H,23,24)(H,25,26)/t19-/m1/s1. The van der Waals surface area contributed by atoms with Crippen LogP contribution in [-0.4, -0.2) is 21.0 Å². The van der Waals surface area contributed by atoms with Gasteiger partial charge in [0.15, 0.2) is 0 Å². The van der Waals surface area contributed by atoms with Gasteiger partial charge in [-0.2, -0.15) is 0 Å². The van der Waals surface area contributed by atoms with Gasteiger partial charge in [-0.15, -0.1) is 0 Å². The third-order valence-corrected chi connectivity index (χ3v) is 4.98. The number of aromatic amines is 1. The third kappa shape index (κ3) is 2.01. The summed E-state index contributed by atoms with van der Waals surface area (Å²) in [6.07, 6.45) is 0. The highest BCUT2D eigenvalue weighted by molar-refractivity contribution is 5.95. The van der Waals surface area contributed by atoms with E-state index in [1.165, 1.54) is 0 Å². The van der Waals surface area contributed by atoms with E-state index in [9.17, 15) is 9.90 Å². The Labute approximate surface area is 149 Å². The summed E-state index contributed by atoms with van der Waals surface area (Å²) in [5, 5.41) is 9.18. The van der Waals surface area contributed by atoms with Crippen molar-refractivity contribution in [3.05, 3.63) is 77.4 Å². The fourth-order valence-corrected chi connectivity index (χ4v) is 3.76. The summed E-state index contributed by atoms with van der Waals surface area (Å²) < 4.78 is 0. The molecular weight excluding hydrogens is 326 g/mol. The van der Waals surface area contributed by atoms with Crippen LogP contribution in [0.2, 0.25) is 0 Å². The van der Waals surface area contributed by atoms with Gasteiger partial charge in [0.25, 0.3) is 0 Å². The molecule has 0 saturated carbocycles. The molecule has 126 valence electrons. The summed E-state index contributed by atoms with van der Waals surface area (Å²) in [7, 11) is 0. The van der Waals surface area contributed by atoms with Crippen molar-refractivity contribution < 1.29 is 9.90 Å². The molecule has 0 radical (unpaired) electrons. The maximum atomic E-state index is 11.2. The molecule has 0 amide bonds. The largest absolute Gasteiger partial charge is 0.478 e. The van der Waals surface area contributed by atoms with Gasteiger partial charge in [0, 0.05) is 5.56 Å². The second kappa shape index (κ2) is 5.28. The lowest BCUT2D eigenvalue weighted by Gasteiger charge is -2.08. The van der Waals surface area contributed by atoms with E-state index in [0.29, 0.717) is 11.3 Å². The van der Waals surface area contributed by atoms with Crippen LogP contribution < -0.4 is 5.73 Å². The Morgan fingerprint density at radius 1 is 1.00 bits per heavy atom. The van der Waals surface area contributed by atoms with Crippen LogP contribution in [0.1, 0.15) is 27.5 Å². The van der Waals surface area contributed by atoms with Gasteiger partial charge in [0.1, 0.15) is 5.82 Å². The number of imidazole rings is 1. The molecule has 1 atom stereocenters. The van der Waals surface area contributed by atoms with Crippen LogP contribution in [0.5, 0.6) is 0 Å². The molecule has 0 unspecified atom stereocenters. The average molecular weight is 341 g/mol. The Balaban J connectivity index is 1.74. The monoisotopic (exact) mass is 341 g/mol. The molecule has 3 aromatic carbocycles. The van der Waals surface area contributed by atoms with Crippen molar-refractivity contribution >= 4 is 17.0 Å². The lowest BCUT2D eigenvalue weighted by Crippen LogP contribution is -2.07. The quantitative estimate of drug-likeness (QED) is 0.515. The Bertz CT molecular complexity index is 1190. The first-order valence-electron chi connectivity index (χ1n) is 8.35. The van der Waals surface area contributed by atoms with E-state index in [0.717, 1.165) is 33.3 Å². The van der Waals surface area contributed by atoms with Gasteiger partial charge in [0.05, 0.1) is 22.6 Å². The number of carboxylic acid groups (broad SMARTS) is 1. The van der Waals surface area contributed by atoms with Crippen LogP contribution in [0, 0.1) is 0 Å². The number of hydrogen-bond donors (Lipinski definition) is 3. The molecule has 4 N–H and O–H groups in total. The number of fused-ring (bicyclic) bond motifs is 4. The molecule has 0 aliphatic heterocycles. The van der Waals surface area contributed by atoms with E-state index in [4.69, 9.17) is 5.73 Å². The number of nitrogens with one attached hydrogen (secondary N) is 1. The van der Waals surface area contributed by atoms with E-state index >= 15 is 0 Å².